The molecule has 0 bridgehead atoms. The molecule has 0 spiro atoms. The molecule has 1 rings (SSSR count). The highest BCUT2D eigenvalue weighted by Crippen LogP contribution is 2.19. The van der Waals surface area contributed by atoms with E-state index in [1.807, 2.05) is 13.8 Å². The van der Waals surface area contributed by atoms with Gasteiger partial charge in [-0.25, -0.2) is 14.5 Å². The standard InChI is InChI=1S/C12H17NO5/c1-4-17-11(15)6-5-10(14)13-9(8(2)3)7-18-12(13)16/h5-6,8-9H,4,7H2,1-3H3/b6-5+/t9-/m0/s1. The summed E-state index contributed by atoms with van der Waals surface area (Å²) in [6.07, 6.45) is 1.36. The van der Waals surface area contributed by atoms with Gasteiger partial charge < -0.3 is 9.47 Å². The highest BCUT2D eigenvalue weighted by molar-refractivity contribution is 6.02. The summed E-state index contributed by atoms with van der Waals surface area (Å²) < 4.78 is 9.47. The van der Waals surface area contributed by atoms with Gasteiger partial charge in [-0.15, -0.1) is 0 Å². The molecule has 0 aromatic rings. The number of rotatable bonds is 4. The molecule has 6 nitrogen and oxygen atoms in total. The molecule has 1 saturated heterocycles. The molecule has 2 amide bonds. The molecule has 0 aliphatic carbocycles. The van der Waals surface area contributed by atoms with Crippen molar-refractivity contribution in [2.75, 3.05) is 13.2 Å². The molecule has 1 aliphatic heterocycles. The van der Waals surface area contributed by atoms with Crippen LogP contribution in [0.1, 0.15) is 20.8 Å². The summed E-state index contributed by atoms with van der Waals surface area (Å²) in [6, 6.07) is -0.295. The topological polar surface area (TPSA) is 72.9 Å². The van der Waals surface area contributed by atoms with Gasteiger partial charge in [-0.1, -0.05) is 13.8 Å². The van der Waals surface area contributed by atoms with E-state index >= 15 is 0 Å². The molecule has 1 aliphatic rings. The quantitative estimate of drug-likeness (QED) is 0.555. The van der Waals surface area contributed by atoms with Crippen LogP contribution < -0.4 is 0 Å². The second-order valence-corrected chi connectivity index (χ2v) is 4.18. The largest absolute Gasteiger partial charge is 0.463 e. The first-order chi connectivity index (χ1) is 8.47. The zero-order valence-electron chi connectivity index (χ0n) is 10.7. The zero-order valence-corrected chi connectivity index (χ0v) is 10.7. The summed E-state index contributed by atoms with van der Waals surface area (Å²) in [5.74, 6) is -1.08. The van der Waals surface area contributed by atoms with Crippen molar-refractivity contribution >= 4 is 18.0 Å². The second kappa shape index (κ2) is 6.18. The highest BCUT2D eigenvalue weighted by Gasteiger charge is 2.38. The van der Waals surface area contributed by atoms with Crippen molar-refractivity contribution in [2.45, 2.75) is 26.8 Å². The minimum atomic E-state index is -0.674. The molecule has 1 fully saturated rings. The van der Waals surface area contributed by atoms with Gasteiger partial charge in [-0.3, -0.25) is 4.79 Å². The summed E-state index contributed by atoms with van der Waals surface area (Å²) in [4.78, 5) is 35.3. The van der Waals surface area contributed by atoms with E-state index in [-0.39, 0.29) is 25.2 Å². The number of cyclic esters (lactones) is 1. The normalized spacial score (nSPS) is 19.4. The van der Waals surface area contributed by atoms with Crippen molar-refractivity contribution in [2.24, 2.45) is 5.92 Å². The van der Waals surface area contributed by atoms with E-state index in [0.29, 0.717) is 0 Å². The Morgan fingerprint density at radius 3 is 2.72 bits per heavy atom. The number of ether oxygens (including phenoxy) is 2. The van der Waals surface area contributed by atoms with Gasteiger partial charge in [-0.05, 0) is 12.8 Å². The van der Waals surface area contributed by atoms with Crippen molar-refractivity contribution in [3.63, 3.8) is 0 Å². The maximum atomic E-state index is 11.8. The molecule has 0 unspecified atom stereocenters. The minimum Gasteiger partial charge on any atom is -0.463 e. The lowest BCUT2D eigenvalue weighted by Gasteiger charge is -2.20. The van der Waals surface area contributed by atoms with E-state index in [1.54, 1.807) is 6.92 Å². The lowest BCUT2D eigenvalue weighted by molar-refractivity contribution is -0.137. The van der Waals surface area contributed by atoms with Crippen molar-refractivity contribution in [1.82, 2.24) is 4.90 Å². The highest BCUT2D eigenvalue weighted by atomic mass is 16.6. The predicted octanol–water partition coefficient (Wildman–Crippen LogP) is 1.11. The van der Waals surface area contributed by atoms with Crippen LogP contribution in [0.15, 0.2) is 12.2 Å². The third-order valence-electron chi connectivity index (χ3n) is 2.56. The average molecular weight is 255 g/mol. The van der Waals surface area contributed by atoms with Crippen LogP contribution in [0.3, 0.4) is 0 Å². The molecular weight excluding hydrogens is 238 g/mol. The molecule has 0 radical (unpaired) electrons. The summed E-state index contributed by atoms with van der Waals surface area (Å²) >= 11 is 0. The van der Waals surface area contributed by atoms with Gasteiger partial charge in [-0.2, -0.15) is 0 Å². The molecule has 0 aromatic carbocycles. The minimum absolute atomic E-state index is 0.0939. The van der Waals surface area contributed by atoms with Crippen LogP contribution in [0.4, 0.5) is 4.79 Å². The third kappa shape index (κ3) is 3.32. The Balaban J connectivity index is 2.70. The van der Waals surface area contributed by atoms with Gasteiger partial charge >= 0.3 is 12.1 Å². The van der Waals surface area contributed by atoms with E-state index in [4.69, 9.17) is 4.74 Å². The number of carbonyl (C=O) groups excluding carboxylic acids is 3. The van der Waals surface area contributed by atoms with E-state index < -0.39 is 18.0 Å². The monoisotopic (exact) mass is 255 g/mol. The number of carbonyl (C=O) groups is 3. The lowest BCUT2D eigenvalue weighted by atomic mass is 10.0. The smallest absolute Gasteiger partial charge is 0.417 e. The summed E-state index contributed by atoms with van der Waals surface area (Å²) in [5, 5.41) is 0. The average Bonchev–Trinajstić information content (AvgIpc) is 2.68. The third-order valence-corrected chi connectivity index (χ3v) is 2.56. The van der Waals surface area contributed by atoms with Gasteiger partial charge in [0.25, 0.3) is 5.91 Å². The Morgan fingerprint density at radius 1 is 1.50 bits per heavy atom. The number of hydrogen-bond acceptors (Lipinski definition) is 5. The molecule has 0 aromatic heterocycles. The fraction of sp³-hybridized carbons (Fsp3) is 0.583. The first-order valence-corrected chi connectivity index (χ1v) is 5.82. The van der Waals surface area contributed by atoms with Gasteiger partial charge in [0.05, 0.1) is 12.6 Å². The SMILES string of the molecule is CCOC(=O)/C=C/C(=O)N1C(=O)OC[C@H]1C(C)C. The fourth-order valence-electron chi connectivity index (χ4n) is 1.59. The Hall–Kier alpha value is -1.85. The Kier molecular flexibility index (Phi) is 4.88. The number of imide groups is 1. The van der Waals surface area contributed by atoms with E-state index in [0.717, 1.165) is 17.1 Å². The van der Waals surface area contributed by atoms with E-state index in [2.05, 4.69) is 4.74 Å². The van der Waals surface area contributed by atoms with Crippen LogP contribution in [-0.2, 0) is 19.1 Å². The number of esters is 1. The van der Waals surface area contributed by atoms with Gasteiger partial charge in [0, 0.05) is 12.2 Å². The molecule has 1 heterocycles. The molecule has 18 heavy (non-hydrogen) atoms. The molecule has 1 atom stereocenters. The molecule has 0 saturated carbocycles. The summed E-state index contributed by atoms with van der Waals surface area (Å²) in [5.41, 5.74) is 0. The first-order valence-electron chi connectivity index (χ1n) is 5.82. The Labute approximate surface area is 106 Å². The van der Waals surface area contributed by atoms with Crippen molar-refractivity contribution in [1.29, 1.82) is 0 Å². The lowest BCUT2D eigenvalue weighted by Crippen LogP contribution is -2.40. The number of nitrogens with zero attached hydrogens (tertiary/aromatic N) is 1. The molecule has 100 valence electrons. The van der Waals surface area contributed by atoms with Crippen LogP contribution in [0.25, 0.3) is 0 Å². The molecule has 0 N–H and O–H groups in total. The van der Waals surface area contributed by atoms with Gasteiger partial charge in [0.15, 0.2) is 0 Å². The van der Waals surface area contributed by atoms with Crippen molar-refractivity contribution < 1.29 is 23.9 Å². The Bertz CT molecular complexity index is 375. The van der Waals surface area contributed by atoms with Crippen LogP contribution >= 0.6 is 0 Å². The van der Waals surface area contributed by atoms with Crippen LogP contribution in [0, 0.1) is 5.92 Å². The van der Waals surface area contributed by atoms with Crippen LogP contribution in [-0.4, -0.2) is 42.1 Å². The van der Waals surface area contributed by atoms with Gasteiger partial charge in [0.1, 0.15) is 6.61 Å². The predicted molar refractivity (Wildman–Crippen MR) is 62.6 cm³/mol. The van der Waals surface area contributed by atoms with Gasteiger partial charge in [0.2, 0.25) is 0 Å². The number of amides is 2. The first kappa shape index (κ1) is 14.2. The fourth-order valence-corrected chi connectivity index (χ4v) is 1.59. The van der Waals surface area contributed by atoms with E-state index in [1.165, 1.54) is 0 Å². The maximum absolute atomic E-state index is 11.8. The maximum Gasteiger partial charge on any atom is 0.417 e. The van der Waals surface area contributed by atoms with Crippen LogP contribution in [0.5, 0.6) is 0 Å². The van der Waals surface area contributed by atoms with E-state index in [9.17, 15) is 14.4 Å². The molecule has 6 heteroatoms. The summed E-state index contributed by atoms with van der Waals surface area (Å²) in [6.45, 7) is 5.87. The van der Waals surface area contributed by atoms with Crippen molar-refractivity contribution in [3.8, 4) is 0 Å². The summed E-state index contributed by atoms with van der Waals surface area (Å²) in [7, 11) is 0. The van der Waals surface area contributed by atoms with Crippen LogP contribution in [0.2, 0.25) is 0 Å². The number of hydrogen-bond donors (Lipinski definition) is 0. The Morgan fingerprint density at radius 2 is 2.17 bits per heavy atom. The second-order valence-electron chi connectivity index (χ2n) is 4.18. The van der Waals surface area contributed by atoms with Crippen molar-refractivity contribution in [3.05, 3.63) is 12.2 Å². The molecular formula is C12H17NO5. The zero-order chi connectivity index (χ0) is 13.7.